The Kier molecular flexibility index (Phi) is 3.43. The molecule has 3 aromatic heterocycles. The van der Waals surface area contributed by atoms with E-state index in [1.807, 2.05) is 17.5 Å². The lowest BCUT2D eigenvalue weighted by atomic mass is 10.1. The van der Waals surface area contributed by atoms with Crippen LogP contribution >= 0.6 is 11.3 Å². The van der Waals surface area contributed by atoms with E-state index >= 15 is 0 Å². The Morgan fingerprint density at radius 1 is 1.16 bits per heavy atom. The molecule has 1 fully saturated rings. The smallest absolute Gasteiger partial charge is 0.163 e. The van der Waals surface area contributed by atoms with Gasteiger partial charge in [0.1, 0.15) is 5.82 Å². The van der Waals surface area contributed by atoms with Gasteiger partial charge in [0.2, 0.25) is 0 Å². The summed E-state index contributed by atoms with van der Waals surface area (Å²) < 4.78 is 20.6. The van der Waals surface area contributed by atoms with Crippen molar-refractivity contribution in [2.24, 2.45) is 0 Å². The van der Waals surface area contributed by atoms with Gasteiger partial charge < -0.3 is 14.6 Å². The van der Waals surface area contributed by atoms with E-state index < -0.39 is 0 Å². The van der Waals surface area contributed by atoms with Crippen LogP contribution in [0.3, 0.4) is 0 Å². The van der Waals surface area contributed by atoms with E-state index in [1.165, 1.54) is 12.1 Å². The second kappa shape index (κ2) is 5.79. The predicted molar refractivity (Wildman–Crippen MR) is 97.7 cm³/mol. The summed E-state index contributed by atoms with van der Waals surface area (Å²) in [5.74, 6) is 1.16. The number of fused-ring (bicyclic) bond motifs is 2. The van der Waals surface area contributed by atoms with Gasteiger partial charge in [-0.1, -0.05) is 0 Å². The Morgan fingerprint density at radius 2 is 2.04 bits per heavy atom. The first-order chi connectivity index (χ1) is 12.3. The van der Waals surface area contributed by atoms with Crippen molar-refractivity contribution in [1.29, 1.82) is 0 Å². The van der Waals surface area contributed by atoms with Crippen molar-refractivity contribution in [2.45, 2.75) is 0 Å². The highest BCUT2D eigenvalue weighted by Crippen LogP contribution is 2.34. The zero-order valence-corrected chi connectivity index (χ0v) is 14.1. The number of aromatic nitrogens is 3. The van der Waals surface area contributed by atoms with E-state index in [4.69, 9.17) is 14.7 Å². The summed E-state index contributed by atoms with van der Waals surface area (Å²) in [6.07, 6.45) is 1.81. The SMILES string of the molecule is Fc1cc(-c2nc(N3CCOCC3)c3sccc3n2)c2cc[nH]c2c1. The third-order valence-corrected chi connectivity index (χ3v) is 5.37. The van der Waals surface area contributed by atoms with Gasteiger partial charge in [-0.25, -0.2) is 14.4 Å². The first kappa shape index (κ1) is 14.8. The van der Waals surface area contributed by atoms with Gasteiger partial charge in [-0.2, -0.15) is 0 Å². The second-order valence-corrected chi connectivity index (χ2v) is 6.91. The van der Waals surface area contributed by atoms with Gasteiger partial charge in [-0.05, 0) is 29.6 Å². The molecule has 0 saturated carbocycles. The first-order valence-electron chi connectivity index (χ1n) is 8.14. The Labute approximate surface area is 147 Å². The summed E-state index contributed by atoms with van der Waals surface area (Å²) in [7, 11) is 0. The Bertz CT molecular complexity index is 1070. The molecule has 1 saturated heterocycles. The summed E-state index contributed by atoms with van der Waals surface area (Å²) in [5.41, 5.74) is 2.35. The minimum Gasteiger partial charge on any atom is -0.378 e. The Morgan fingerprint density at radius 3 is 2.92 bits per heavy atom. The summed E-state index contributed by atoms with van der Waals surface area (Å²) in [5, 5.41) is 2.94. The molecule has 0 amide bonds. The minimum atomic E-state index is -0.299. The molecule has 1 aliphatic heterocycles. The van der Waals surface area contributed by atoms with E-state index in [0.29, 0.717) is 24.6 Å². The molecular weight excluding hydrogens is 339 g/mol. The summed E-state index contributed by atoms with van der Waals surface area (Å²) in [6, 6.07) is 6.92. The van der Waals surface area contributed by atoms with E-state index in [2.05, 4.69) is 9.88 Å². The Hall–Kier alpha value is -2.51. The molecular formula is C18H15FN4OS. The van der Waals surface area contributed by atoms with Gasteiger partial charge in [-0.3, -0.25) is 0 Å². The van der Waals surface area contributed by atoms with Gasteiger partial charge in [0, 0.05) is 35.8 Å². The average Bonchev–Trinajstić information content (AvgIpc) is 3.29. The van der Waals surface area contributed by atoms with Crippen molar-refractivity contribution in [1.82, 2.24) is 15.0 Å². The van der Waals surface area contributed by atoms with E-state index in [0.717, 1.165) is 40.0 Å². The van der Waals surface area contributed by atoms with E-state index in [1.54, 1.807) is 17.5 Å². The van der Waals surface area contributed by atoms with Crippen LogP contribution in [0.15, 0.2) is 35.8 Å². The number of nitrogens with zero attached hydrogens (tertiary/aromatic N) is 3. The summed E-state index contributed by atoms with van der Waals surface area (Å²) in [4.78, 5) is 14.8. The van der Waals surface area contributed by atoms with Crippen molar-refractivity contribution >= 4 is 38.3 Å². The zero-order valence-electron chi connectivity index (χ0n) is 13.3. The molecule has 4 aromatic rings. The number of morpholine rings is 1. The van der Waals surface area contributed by atoms with E-state index in [9.17, 15) is 4.39 Å². The molecule has 7 heteroatoms. The number of hydrogen-bond acceptors (Lipinski definition) is 5. The molecule has 0 bridgehead atoms. The molecule has 1 aliphatic rings. The molecule has 0 radical (unpaired) electrons. The fraction of sp³-hybridized carbons (Fsp3) is 0.222. The summed E-state index contributed by atoms with van der Waals surface area (Å²) in [6.45, 7) is 2.97. The zero-order chi connectivity index (χ0) is 16.8. The molecule has 5 nitrogen and oxygen atoms in total. The van der Waals surface area contributed by atoms with Gasteiger partial charge in [0.15, 0.2) is 11.6 Å². The highest BCUT2D eigenvalue weighted by atomic mass is 32.1. The normalized spacial score (nSPS) is 15.3. The molecule has 0 spiro atoms. The van der Waals surface area contributed by atoms with Crippen molar-refractivity contribution in [3.63, 3.8) is 0 Å². The lowest BCUT2D eigenvalue weighted by Gasteiger charge is -2.28. The number of hydrogen-bond donors (Lipinski definition) is 1. The highest BCUT2D eigenvalue weighted by molar-refractivity contribution is 7.17. The van der Waals surface area contributed by atoms with Crippen LogP contribution in [0.2, 0.25) is 0 Å². The van der Waals surface area contributed by atoms with Crippen LogP contribution in [0, 0.1) is 5.82 Å². The number of anilines is 1. The third-order valence-electron chi connectivity index (χ3n) is 4.47. The van der Waals surface area contributed by atoms with Crippen LogP contribution in [0.4, 0.5) is 10.2 Å². The van der Waals surface area contributed by atoms with Gasteiger partial charge in [0.25, 0.3) is 0 Å². The van der Waals surface area contributed by atoms with Crippen LogP contribution in [-0.2, 0) is 4.74 Å². The molecule has 0 atom stereocenters. The molecule has 1 aromatic carbocycles. The maximum Gasteiger partial charge on any atom is 0.163 e. The number of H-pyrrole nitrogens is 1. The quantitative estimate of drug-likeness (QED) is 0.595. The van der Waals surface area contributed by atoms with Crippen LogP contribution in [0.5, 0.6) is 0 Å². The highest BCUT2D eigenvalue weighted by Gasteiger charge is 2.20. The number of halogens is 1. The van der Waals surface area contributed by atoms with Gasteiger partial charge >= 0.3 is 0 Å². The molecule has 0 unspecified atom stereocenters. The number of ether oxygens (including phenoxy) is 1. The van der Waals surface area contributed by atoms with Crippen LogP contribution < -0.4 is 4.90 Å². The largest absolute Gasteiger partial charge is 0.378 e. The van der Waals surface area contributed by atoms with Crippen molar-refractivity contribution in [2.75, 3.05) is 31.2 Å². The molecule has 5 rings (SSSR count). The maximum atomic E-state index is 14.1. The number of nitrogens with one attached hydrogen (secondary N) is 1. The average molecular weight is 354 g/mol. The molecule has 25 heavy (non-hydrogen) atoms. The lowest BCUT2D eigenvalue weighted by molar-refractivity contribution is 0.122. The van der Waals surface area contributed by atoms with Gasteiger partial charge in [-0.15, -0.1) is 11.3 Å². The number of aromatic amines is 1. The fourth-order valence-electron chi connectivity index (χ4n) is 3.27. The first-order valence-corrected chi connectivity index (χ1v) is 9.02. The van der Waals surface area contributed by atoms with Crippen LogP contribution in [-0.4, -0.2) is 41.3 Å². The monoisotopic (exact) mass is 354 g/mol. The fourth-order valence-corrected chi connectivity index (χ4v) is 4.12. The molecule has 1 N–H and O–H groups in total. The van der Waals surface area contributed by atoms with Crippen LogP contribution in [0.25, 0.3) is 32.5 Å². The maximum absolute atomic E-state index is 14.1. The minimum absolute atomic E-state index is 0.299. The Balaban J connectivity index is 1.74. The molecule has 126 valence electrons. The predicted octanol–water partition coefficient (Wildman–Crippen LogP) is 3.82. The van der Waals surface area contributed by atoms with Crippen molar-refractivity contribution in [3.8, 4) is 11.4 Å². The molecule has 0 aliphatic carbocycles. The summed E-state index contributed by atoms with van der Waals surface area (Å²) >= 11 is 1.63. The van der Waals surface area contributed by atoms with E-state index in [-0.39, 0.29) is 5.82 Å². The number of benzene rings is 1. The molecule has 4 heterocycles. The van der Waals surface area contributed by atoms with Gasteiger partial charge in [0.05, 0.1) is 23.4 Å². The standard InChI is InChI=1S/C18H15FN4OS/c19-11-9-13(12-1-3-20-15(12)10-11)17-21-14-2-8-25-16(14)18(22-17)23-4-6-24-7-5-23/h1-3,8-10,20H,4-7H2. The third kappa shape index (κ3) is 2.47. The van der Waals surface area contributed by atoms with Crippen molar-refractivity contribution < 1.29 is 9.13 Å². The number of thiophene rings is 1. The lowest BCUT2D eigenvalue weighted by Crippen LogP contribution is -2.36. The second-order valence-electron chi connectivity index (χ2n) is 6.00. The van der Waals surface area contributed by atoms with Crippen molar-refractivity contribution in [3.05, 3.63) is 41.7 Å². The number of rotatable bonds is 2. The topological polar surface area (TPSA) is 54.0 Å². The van der Waals surface area contributed by atoms with Crippen LogP contribution in [0.1, 0.15) is 0 Å².